The van der Waals surface area contributed by atoms with E-state index in [2.05, 4.69) is 9.97 Å². The Labute approximate surface area is 92.4 Å². The molecule has 0 radical (unpaired) electrons. The highest BCUT2D eigenvalue weighted by molar-refractivity contribution is 5.25. The molecule has 2 rings (SSSR count). The lowest BCUT2D eigenvalue weighted by molar-refractivity contribution is 0.452. The summed E-state index contributed by atoms with van der Waals surface area (Å²) in [6.45, 7) is 2.42. The van der Waals surface area contributed by atoms with Gasteiger partial charge in [0.15, 0.2) is 5.75 Å². The van der Waals surface area contributed by atoms with E-state index in [0.717, 1.165) is 12.1 Å². The smallest absolute Gasteiger partial charge is 0.223 e. The van der Waals surface area contributed by atoms with Crippen molar-refractivity contribution in [3.63, 3.8) is 0 Å². The van der Waals surface area contributed by atoms with Crippen molar-refractivity contribution in [2.24, 2.45) is 0 Å². The number of imidazole rings is 1. The summed E-state index contributed by atoms with van der Waals surface area (Å²) in [4.78, 5) is 18.1. The number of rotatable bonds is 3. The molecule has 0 aliphatic rings. The molecule has 2 N–H and O–H groups in total. The maximum Gasteiger partial charge on any atom is 0.223 e. The van der Waals surface area contributed by atoms with Crippen molar-refractivity contribution in [1.29, 1.82) is 0 Å². The standard InChI is InChI=1S/C11H13N3O2/c1-8-11(16)10(15)3-5-14(8)4-2-9-6-12-7-13-9/h3,5-7,16H,2,4H2,1H3,(H,12,13). The Hall–Kier alpha value is -2.04. The molecule has 0 saturated carbocycles. The SMILES string of the molecule is Cc1c(O)c(=O)ccn1CCc1cnc[nH]1. The van der Waals surface area contributed by atoms with E-state index in [4.69, 9.17) is 0 Å². The number of aromatic nitrogens is 3. The molecular weight excluding hydrogens is 206 g/mol. The highest BCUT2D eigenvalue weighted by atomic mass is 16.3. The Balaban J connectivity index is 2.16. The van der Waals surface area contributed by atoms with Crippen LogP contribution in [0.1, 0.15) is 11.4 Å². The molecule has 2 aromatic rings. The fourth-order valence-electron chi connectivity index (χ4n) is 1.57. The predicted molar refractivity (Wildman–Crippen MR) is 59.4 cm³/mol. The number of hydrogen-bond donors (Lipinski definition) is 2. The first-order valence-corrected chi connectivity index (χ1v) is 5.05. The zero-order valence-corrected chi connectivity index (χ0v) is 8.97. The van der Waals surface area contributed by atoms with Gasteiger partial charge in [-0.15, -0.1) is 0 Å². The number of aromatic amines is 1. The Bertz CT molecular complexity index is 529. The van der Waals surface area contributed by atoms with E-state index in [1.165, 1.54) is 6.07 Å². The van der Waals surface area contributed by atoms with Gasteiger partial charge in [0.1, 0.15) is 0 Å². The average Bonchev–Trinajstić information content (AvgIpc) is 2.78. The van der Waals surface area contributed by atoms with Crippen LogP contribution in [-0.4, -0.2) is 19.6 Å². The highest BCUT2D eigenvalue weighted by Gasteiger charge is 2.05. The molecule has 0 amide bonds. The number of nitrogens with zero attached hydrogens (tertiary/aromatic N) is 2. The second-order valence-electron chi connectivity index (χ2n) is 3.63. The van der Waals surface area contributed by atoms with Crippen molar-refractivity contribution in [3.05, 3.63) is 46.4 Å². The van der Waals surface area contributed by atoms with E-state index in [9.17, 15) is 9.90 Å². The molecule has 0 spiro atoms. The van der Waals surface area contributed by atoms with E-state index in [-0.39, 0.29) is 11.2 Å². The molecule has 0 saturated heterocycles. The van der Waals surface area contributed by atoms with E-state index in [1.807, 2.05) is 4.57 Å². The van der Waals surface area contributed by atoms with Gasteiger partial charge in [0.05, 0.1) is 12.0 Å². The Morgan fingerprint density at radius 2 is 2.38 bits per heavy atom. The quantitative estimate of drug-likeness (QED) is 0.803. The monoisotopic (exact) mass is 219 g/mol. The summed E-state index contributed by atoms with van der Waals surface area (Å²) >= 11 is 0. The van der Waals surface area contributed by atoms with Gasteiger partial charge < -0.3 is 14.7 Å². The van der Waals surface area contributed by atoms with Crippen molar-refractivity contribution in [2.75, 3.05) is 0 Å². The molecule has 2 heterocycles. The van der Waals surface area contributed by atoms with Gasteiger partial charge >= 0.3 is 0 Å². The zero-order chi connectivity index (χ0) is 11.5. The summed E-state index contributed by atoms with van der Waals surface area (Å²) in [6.07, 6.45) is 5.86. The first-order valence-electron chi connectivity index (χ1n) is 5.05. The Morgan fingerprint density at radius 1 is 1.56 bits per heavy atom. The second kappa shape index (κ2) is 4.22. The molecule has 0 unspecified atom stereocenters. The molecule has 2 aromatic heterocycles. The van der Waals surface area contributed by atoms with Crippen molar-refractivity contribution in [3.8, 4) is 5.75 Å². The molecule has 0 aromatic carbocycles. The summed E-state index contributed by atoms with van der Waals surface area (Å²) in [5.74, 6) is -0.174. The van der Waals surface area contributed by atoms with Crippen LogP contribution in [0.3, 0.4) is 0 Å². The van der Waals surface area contributed by atoms with Gasteiger partial charge in [-0.1, -0.05) is 0 Å². The molecule has 5 nitrogen and oxygen atoms in total. The lowest BCUT2D eigenvalue weighted by Gasteiger charge is -2.10. The Kier molecular flexibility index (Phi) is 2.76. The second-order valence-corrected chi connectivity index (χ2v) is 3.63. The lowest BCUT2D eigenvalue weighted by atomic mass is 10.3. The number of aryl methyl sites for hydroxylation is 2. The molecule has 16 heavy (non-hydrogen) atoms. The van der Waals surface area contributed by atoms with E-state index in [0.29, 0.717) is 12.2 Å². The van der Waals surface area contributed by atoms with Gasteiger partial charge in [-0.05, 0) is 6.92 Å². The van der Waals surface area contributed by atoms with Gasteiger partial charge in [-0.3, -0.25) is 4.79 Å². The van der Waals surface area contributed by atoms with Crippen LogP contribution in [-0.2, 0) is 13.0 Å². The third kappa shape index (κ3) is 1.98. The van der Waals surface area contributed by atoms with Gasteiger partial charge in [0.25, 0.3) is 0 Å². The number of pyridine rings is 1. The van der Waals surface area contributed by atoms with E-state index in [1.54, 1.807) is 25.6 Å². The molecule has 0 fully saturated rings. The third-order valence-electron chi connectivity index (χ3n) is 2.59. The number of aromatic hydroxyl groups is 1. The lowest BCUT2D eigenvalue weighted by Crippen LogP contribution is -2.11. The number of H-pyrrole nitrogens is 1. The molecule has 0 aliphatic heterocycles. The van der Waals surface area contributed by atoms with E-state index < -0.39 is 0 Å². The third-order valence-corrected chi connectivity index (χ3v) is 2.59. The van der Waals surface area contributed by atoms with Gasteiger partial charge in [0, 0.05) is 37.1 Å². The maximum atomic E-state index is 11.1. The van der Waals surface area contributed by atoms with Gasteiger partial charge in [-0.2, -0.15) is 0 Å². The van der Waals surface area contributed by atoms with Crippen LogP contribution in [0.4, 0.5) is 0 Å². The summed E-state index contributed by atoms with van der Waals surface area (Å²) < 4.78 is 1.84. The van der Waals surface area contributed by atoms with Crippen molar-refractivity contribution < 1.29 is 5.11 Å². The van der Waals surface area contributed by atoms with E-state index >= 15 is 0 Å². The Morgan fingerprint density at radius 3 is 3.06 bits per heavy atom. The largest absolute Gasteiger partial charge is 0.503 e. The average molecular weight is 219 g/mol. The summed E-state index contributed by atoms with van der Waals surface area (Å²) in [5.41, 5.74) is 1.28. The van der Waals surface area contributed by atoms with Crippen molar-refractivity contribution in [2.45, 2.75) is 19.9 Å². The number of nitrogens with one attached hydrogen (secondary N) is 1. The zero-order valence-electron chi connectivity index (χ0n) is 8.97. The molecule has 5 heteroatoms. The fourth-order valence-corrected chi connectivity index (χ4v) is 1.57. The predicted octanol–water partition coefficient (Wildman–Crippen LogP) is 0.828. The molecular formula is C11H13N3O2. The van der Waals surface area contributed by atoms with Crippen LogP contribution < -0.4 is 5.43 Å². The summed E-state index contributed by atoms with van der Waals surface area (Å²) in [7, 11) is 0. The molecule has 0 atom stereocenters. The molecule has 84 valence electrons. The summed E-state index contributed by atoms with van der Waals surface area (Å²) in [6, 6.07) is 1.37. The van der Waals surface area contributed by atoms with Crippen LogP contribution in [0.2, 0.25) is 0 Å². The van der Waals surface area contributed by atoms with Crippen molar-refractivity contribution in [1.82, 2.24) is 14.5 Å². The first-order chi connectivity index (χ1) is 7.68. The van der Waals surface area contributed by atoms with Crippen LogP contribution in [0.15, 0.2) is 29.6 Å². The first kappa shape index (κ1) is 10.5. The number of hydrogen-bond acceptors (Lipinski definition) is 3. The topological polar surface area (TPSA) is 70.9 Å². The normalized spacial score (nSPS) is 10.6. The van der Waals surface area contributed by atoms with Crippen molar-refractivity contribution >= 4 is 0 Å². The van der Waals surface area contributed by atoms with Gasteiger partial charge in [-0.25, -0.2) is 4.98 Å². The maximum absolute atomic E-state index is 11.1. The van der Waals surface area contributed by atoms with Crippen LogP contribution in [0.25, 0.3) is 0 Å². The van der Waals surface area contributed by atoms with Crippen LogP contribution in [0.5, 0.6) is 5.75 Å². The molecule has 0 aliphatic carbocycles. The minimum atomic E-state index is -0.338. The summed E-state index contributed by atoms with van der Waals surface area (Å²) in [5, 5.41) is 9.49. The minimum Gasteiger partial charge on any atom is -0.503 e. The molecule has 0 bridgehead atoms. The minimum absolute atomic E-state index is 0.174. The highest BCUT2D eigenvalue weighted by Crippen LogP contribution is 2.09. The van der Waals surface area contributed by atoms with Crippen LogP contribution in [0, 0.1) is 6.92 Å². The van der Waals surface area contributed by atoms with Gasteiger partial charge in [0.2, 0.25) is 5.43 Å². The fraction of sp³-hybridized carbons (Fsp3) is 0.273. The van der Waals surface area contributed by atoms with Crippen LogP contribution >= 0.6 is 0 Å².